The molecule has 11 heavy (non-hydrogen) atoms. The van der Waals surface area contributed by atoms with Crippen molar-refractivity contribution in [2.75, 3.05) is 5.73 Å². The maximum atomic E-state index is 12.8. The van der Waals surface area contributed by atoms with Crippen LogP contribution in [0, 0.1) is 5.82 Å². The second-order valence-electron chi connectivity index (χ2n) is 2.64. The summed E-state index contributed by atoms with van der Waals surface area (Å²) in [6.07, 6.45) is 0. The van der Waals surface area contributed by atoms with Gasteiger partial charge in [0.2, 0.25) is 0 Å². The first-order valence-electron chi connectivity index (χ1n) is 3.42. The van der Waals surface area contributed by atoms with Gasteiger partial charge in [-0.25, -0.2) is 4.39 Å². The zero-order valence-corrected chi connectivity index (χ0v) is 5.93. The molecule has 0 atom stereocenters. The summed E-state index contributed by atoms with van der Waals surface area (Å²) < 4.78 is 17.9. The van der Waals surface area contributed by atoms with E-state index >= 15 is 0 Å². The Morgan fingerprint density at radius 2 is 1.91 bits per heavy atom. The Morgan fingerprint density at radius 1 is 1.27 bits per heavy atom. The molecule has 0 bridgehead atoms. The minimum absolute atomic E-state index is 0.203. The molecule has 0 unspecified atom stereocenters. The fourth-order valence-electron chi connectivity index (χ4n) is 1.22. The molecule has 0 fully saturated rings. The van der Waals surface area contributed by atoms with Gasteiger partial charge in [0.1, 0.15) is 5.82 Å². The molecule has 0 saturated carbocycles. The fraction of sp³-hybridized carbons (Fsp3) is 0.250. The lowest BCUT2D eigenvalue weighted by Gasteiger charge is -1.99. The highest BCUT2D eigenvalue weighted by atomic mass is 19.1. The lowest BCUT2D eigenvalue weighted by atomic mass is 10.1. The SMILES string of the molecule is Nc1cc2c(cc1F)COC2. The molecule has 0 amide bonds. The Hall–Kier alpha value is -1.09. The minimum atomic E-state index is -0.353. The first kappa shape index (κ1) is 6.61. The molecule has 0 aliphatic carbocycles. The van der Waals surface area contributed by atoms with Gasteiger partial charge in [0.15, 0.2) is 0 Å². The zero-order valence-electron chi connectivity index (χ0n) is 5.93. The van der Waals surface area contributed by atoms with Crippen LogP contribution in [0.15, 0.2) is 12.1 Å². The number of anilines is 1. The van der Waals surface area contributed by atoms with Gasteiger partial charge in [-0.3, -0.25) is 0 Å². The van der Waals surface area contributed by atoms with Crippen molar-refractivity contribution in [2.45, 2.75) is 13.2 Å². The number of rotatable bonds is 0. The standard InChI is InChI=1S/C8H8FNO/c9-7-1-5-3-11-4-6(5)2-8(7)10/h1-2H,3-4,10H2. The summed E-state index contributed by atoms with van der Waals surface area (Å²) in [6.45, 7) is 1.06. The van der Waals surface area contributed by atoms with Crippen molar-refractivity contribution in [2.24, 2.45) is 0 Å². The molecule has 0 spiro atoms. The monoisotopic (exact) mass is 153 g/mol. The summed E-state index contributed by atoms with van der Waals surface area (Å²) in [5.41, 5.74) is 7.48. The molecule has 0 radical (unpaired) electrons. The molecule has 1 aliphatic heterocycles. The average Bonchev–Trinajstić information content (AvgIpc) is 2.36. The molecule has 3 heteroatoms. The Bertz CT molecular complexity index is 269. The summed E-state index contributed by atoms with van der Waals surface area (Å²) in [5.74, 6) is -0.353. The van der Waals surface area contributed by atoms with E-state index in [0.717, 1.165) is 11.1 Å². The van der Waals surface area contributed by atoms with E-state index in [0.29, 0.717) is 13.2 Å². The minimum Gasteiger partial charge on any atom is -0.396 e. The molecule has 1 aromatic rings. The number of nitrogen functional groups attached to an aromatic ring is 1. The lowest BCUT2D eigenvalue weighted by Crippen LogP contribution is -1.93. The van der Waals surface area contributed by atoms with Gasteiger partial charge < -0.3 is 10.5 Å². The number of hydrogen-bond acceptors (Lipinski definition) is 2. The highest BCUT2D eigenvalue weighted by Gasteiger charge is 2.13. The van der Waals surface area contributed by atoms with Crippen molar-refractivity contribution in [3.63, 3.8) is 0 Å². The third kappa shape index (κ3) is 0.973. The third-order valence-electron chi connectivity index (χ3n) is 1.83. The molecule has 0 aromatic heterocycles. The molecule has 1 aromatic carbocycles. The molecule has 2 N–H and O–H groups in total. The maximum absolute atomic E-state index is 12.8. The van der Waals surface area contributed by atoms with Crippen LogP contribution in [0.3, 0.4) is 0 Å². The second kappa shape index (κ2) is 2.20. The Balaban J connectivity index is 2.57. The van der Waals surface area contributed by atoms with E-state index in [4.69, 9.17) is 10.5 Å². The van der Waals surface area contributed by atoms with Crippen LogP contribution in [-0.4, -0.2) is 0 Å². The first-order valence-corrected chi connectivity index (χ1v) is 3.42. The average molecular weight is 153 g/mol. The van der Waals surface area contributed by atoms with Crippen LogP contribution in [0.25, 0.3) is 0 Å². The van der Waals surface area contributed by atoms with Gasteiger partial charge in [0.05, 0.1) is 18.9 Å². The summed E-state index contributed by atoms with van der Waals surface area (Å²) in [6, 6.07) is 3.08. The Labute approximate surface area is 63.8 Å². The van der Waals surface area contributed by atoms with Crippen LogP contribution in [0.5, 0.6) is 0 Å². The van der Waals surface area contributed by atoms with Crippen LogP contribution >= 0.6 is 0 Å². The van der Waals surface area contributed by atoms with Crippen molar-refractivity contribution >= 4 is 5.69 Å². The summed E-state index contributed by atoms with van der Waals surface area (Å²) in [4.78, 5) is 0. The fourth-order valence-corrected chi connectivity index (χ4v) is 1.22. The van der Waals surface area contributed by atoms with Gasteiger partial charge >= 0.3 is 0 Å². The third-order valence-corrected chi connectivity index (χ3v) is 1.83. The molecule has 2 nitrogen and oxygen atoms in total. The molecule has 58 valence electrons. The lowest BCUT2D eigenvalue weighted by molar-refractivity contribution is 0.134. The van der Waals surface area contributed by atoms with E-state index in [2.05, 4.69) is 0 Å². The van der Waals surface area contributed by atoms with Gasteiger partial charge in [0.25, 0.3) is 0 Å². The predicted molar refractivity (Wildman–Crippen MR) is 39.3 cm³/mol. The van der Waals surface area contributed by atoms with Gasteiger partial charge in [-0.1, -0.05) is 0 Å². The largest absolute Gasteiger partial charge is 0.396 e. The second-order valence-corrected chi connectivity index (χ2v) is 2.64. The Kier molecular flexibility index (Phi) is 1.32. The number of ether oxygens (including phenoxy) is 1. The molecular weight excluding hydrogens is 145 g/mol. The molecule has 2 rings (SSSR count). The van der Waals surface area contributed by atoms with Crippen molar-refractivity contribution < 1.29 is 9.13 Å². The predicted octanol–water partition coefficient (Wildman–Crippen LogP) is 1.44. The summed E-state index contributed by atoms with van der Waals surface area (Å²) in [5, 5.41) is 0. The summed E-state index contributed by atoms with van der Waals surface area (Å²) >= 11 is 0. The molecule has 1 aliphatic rings. The normalized spacial score (nSPS) is 15.0. The van der Waals surface area contributed by atoms with Crippen LogP contribution in [0.1, 0.15) is 11.1 Å². The number of benzene rings is 1. The van der Waals surface area contributed by atoms with E-state index in [1.54, 1.807) is 6.07 Å². The zero-order chi connectivity index (χ0) is 7.84. The van der Waals surface area contributed by atoms with Crippen LogP contribution in [-0.2, 0) is 18.0 Å². The number of halogens is 1. The van der Waals surface area contributed by atoms with Crippen molar-refractivity contribution in [1.29, 1.82) is 0 Å². The highest BCUT2D eigenvalue weighted by Crippen LogP contribution is 2.24. The van der Waals surface area contributed by atoms with Gasteiger partial charge in [-0.05, 0) is 23.3 Å². The summed E-state index contributed by atoms with van der Waals surface area (Å²) in [7, 11) is 0. The van der Waals surface area contributed by atoms with E-state index in [9.17, 15) is 4.39 Å². The molecule has 0 saturated heterocycles. The number of hydrogen-bond donors (Lipinski definition) is 1. The van der Waals surface area contributed by atoms with Crippen LogP contribution in [0.4, 0.5) is 10.1 Å². The molecular formula is C8H8FNO. The maximum Gasteiger partial charge on any atom is 0.146 e. The van der Waals surface area contributed by atoms with E-state index in [-0.39, 0.29) is 11.5 Å². The topological polar surface area (TPSA) is 35.2 Å². The number of nitrogens with two attached hydrogens (primary N) is 1. The van der Waals surface area contributed by atoms with Crippen molar-refractivity contribution in [1.82, 2.24) is 0 Å². The molecule has 1 heterocycles. The highest BCUT2D eigenvalue weighted by molar-refractivity contribution is 5.46. The van der Waals surface area contributed by atoms with Gasteiger partial charge in [-0.2, -0.15) is 0 Å². The van der Waals surface area contributed by atoms with E-state index < -0.39 is 0 Å². The number of fused-ring (bicyclic) bond motifs is 1. The van der Waals surface area contributed by atoms with E-state index in [1.807, 2.05) is 0 Å². The van der Waals surface area contributed by atoms with Gasteiger partial charge in [0, 0.05) is 0 Å². The van der Waals surface area contributed by atoms with Crippen LogP contribution in [0.2, 0.25) is 0 Å². The first-order chi connectivity index (χ1) is 5.27. The quantitative estimate of drug-likeness (QED) is 0.572. The van der Waals surface area contributed by atoms with Gasteiger partial charge in [-0.15, -0.1) is 0 Å². The van der Waals surface area contributed by atoms with Crippen LogP contribution < -0.4 is 5.73 Å². The van der Waals surface area contributed by atoms with E-state index in [1.165, 1.54) is 6.07 Å². The van der Waals surface area contributed by atoms with Crippen molar-refractivity contribution in [3.05, 3.63) is 29.1 Å². The van der Waals surface area contributed by atoms with Crippen molar-refractivity contribution in [3.8, 4) is 0 Å². The smallest absolute Gasteiger partial charge is 0.146 e. The Morgan fingerprint density at radius 3 is 2.64 bits per heavy atom.